The molecule has 48 heavy (non-hydrogen) atoms. The Hall–Kier alpha value is -6.01. The van der Waals surface area contributed by atoms with Crippen LogP contribution in [-0.4, -0.2) is 10.8 Å². The minimum atomic E-state index is -0.389. The van der Waals surface area contributed by atoms with Crippen molar-refractivity contribution in [1.29, 1.82) is 0 Å². The molecule has 5 heteroatoms. The Morgan fingerprint density at radius 2 is 1.21 bits per heavy atom. The molecule has 230 valence electrons. The highest BCUT2D eigenvalue weighted by Gasteiger charge is 2.23. The Bertz CT molecular complexity index is 2600. The van der Waals surface area contributed by atoms with Crippen molar-refractivity contribution in [1.82, 2.24) is 9.88 Å². The number of furan rings is 1. The molecule has 3 N–H and O–H groups in total. The zero-order chi connectivity index (χ0) is 32.0. The molecule has 9 rings (SSSR count). The van der Waals surface area contributed by atoms with Crippen LogP contribution in [0.25, 0.3) is 60.2 Å². The molecule has 0 aliphatic rings. The molecule has 2 heterocycles. The SMILES string of the molecule is NC(NC(/N=C/c1ccccc1)c1ccc(-n2c3ccccc3c3c4c5ccccc5oc4c4ccccc4c32)cc1)c1ccccc1. The highest BCUT2D eigenvalue weighted by molar-refractivity contribution is 6.35. The maximum atomic E-state index is 6.67. The summed E-state index contributed by atoms with van der Waals surface area (Å²) in [5.74, 6) is 0. The summed E-state index contributed by atoms with van der Waals surface area (Å²) in [5, 5.41) is 10.5. The van der Waals surface area contributed by atoms with Gasteiger partial charge in [0, 0.05) is 44.2 Å². The van der Waals surface area contributed by atoms with Crippen molar-refractivity contribution in [3.05, 3.63) is 174 Å². The number of aromatic nitrogens is 1. The van der Waals surface area contributed by atoms with Crippen molar-refractivity contribution < 1.29 is 4.42 Å². The molecule has 0 saturated heterocycles. The highest BCUT2D eigenvalue weighted by Crippen LogP contribution is 2.45. The van der Waals surface area contributed by atoms with E-state index in [1.54, 1.807) is 0 Å². The van der Waals surface area contributed by atoms with Gasteiger partial charge in [0.2, 0.25) is 0 Å². The quantitative estimate of drug-likeness (QED) is 0.138. The van der Waals surface area contributed by atoms with Gasteiger partial charge >= 0.3 is 0 Å². The molecular weight excluding hydrogens is 589 g/mol. The van der Waals surface area contributed by atoms with Crippen LogP contribution in [0.15, 0.2) is 167 Å². The largest absolute Gasteiger partial charge is 0.455 e. The van der Waals surface area contributed by atoms with Gasteiger partial charge < -0.3 is 14.7 Å². The van der Waals surface area contributed by atoms with E-state index in [0.717, 1.165) is 60.6 Å². The van der Waals surface area contributed by atoms with Gasteiger partial charge in [-0.3, -0.25) is 10.3 Å². The molecule has 0 aliphatic carbocycles. The summed E-state index contributed by atoms with van der Waals surface area (Å²) in [6, 6.07) is 54.5. The molecule has 2 atom stereocenters. The van der Waals surface area contributed by atoms with Crippen molar-refractivity contribution in [2.75, 3.05) is 0 Å². The normalized spacial score (nSPS) is 13.4. The van der Waals surface area contributed by atoms with E-state index in [0.29, 0.717) is 0 Å². The topological polar surface area (TPSA) is 68.5 Å². The summed E-state index contributed by atoms with van der Waals surface area (Å²) in [5.41, 5.74) is 14.9. The fourth-order valence-electron chi connectivity index (χ4n) is 7.04. The number of rotatable bonds is 7. The predicted molar refractivity (Wildman–Crippen MR) is 199 cm³/mol. The van der Waals surface area contributed by atoms with Gasteiger partial charge in [0.05, 0.1) is 17.2 Å². The van der Waals surface area contributed by atoms with E-state index in [-0.39, 0.29) is 12.3 Å². The average molecular weight is 621 g/mol. The number of para-hydroxylation sites is 2. The third-order valence-corrected chi connectivity index (χ3v) is 9.28. The minimum absolute atomic E-state index is 0.356. The fraction of sp³-hybridized carbons (Fsp3) is 0.0465. The van der Waals surface area contributed by atoms with E-state index < -0.39 is 0 Å². The minimum Gasteiger partial charge on any atom is -0.455 e. The first-order chi connectivity index (χ1) is 23.7. The van der Waals surface area contributed by atoms with Crippen molar-refractivity contribution in [2.45, 2.75) is 12.3 Å². The second-order valence-corrected chi connectivity index (χ2v) is 12.2. The standard InChI is InChI=1S/C43H32N4O/c44-42(29-15-5-2-6-16-29)46-43(45-27-28-13-3-1-4-14-28)30-23-25-31(26-24-30)47-36-21-11-9-19-34(36)38-39-35-20-10-12-22-37(35)48-41(39)33-18-8-7-17-32(33)40(38)47/h1-27,42-43,46H,44H2/b45-27+. The van der Waals surface area contributed by atoms with Gasteiger partial charge in [-0.15, -0.1) is 0 Å². The molecule has 0 radical (unpaired) electrons. The zero-order valence-electron chi connectivity index (χ0n) is 26.1. The molecule has 0 amide bonds. The predicted octanol–water partition coefficient (Wildman–Crippen LogP) is 10.2. The molecule has 0 spiro atoms. The summed E-state index contributed by atoms with van der Waals surface area (Å²) in [7, 11) is 0. The summed E-state index contributed by atoms with van der Waals surface area (Å²) in [6.45, 7) is 0. The summed E-state index contributed by atoms with van der Waals surface area (Å²) >= 11 is 0. The number of nitrogens with zero attached hydrogens (tertiary/aromatic N) is 2. The van der Waals surface area contributed by atoms with Gasteiger partial charge in [-0.25, -0.2) is 0 Å². The van der Waals surface area contributed by atoms with Gasteiger partial charge in [-0.05, 0) is 41.0 Å². The molecule has 2 aromatic heterocycles. The Morgan fingerprint density at radius 1 is 0.583 bits per heavy atom. The molecule has 0 saturated carbocycles. The monoisotopic (exact) mass is 620 g/mol. The maximum Gasteiger partial charge on any atom is 0.144 e. The molecule has 2 unspecified atom stereocenters. The van der Waals surface area contributed by atoms with E-state index in [9.17, 15) is 0 Å². The second-order valence-electron chi connectivity index (χ2n) is 12.2. The van der Waals surface area contributed by atoms with Crippen molar-refractivity contribution in [2.24, 2.45) is 10.7 Å². The van der Waals surface area contributed by atoms with Crippen LogP contribution >= 0.6 is 0 Å². The molecular formula is C43H32N4O. The fourth-order valence-corrected chi connectivity index (χ4v) is 7.04. The first-order valence-electron chi connectivity index (χ1n) is 16.2. The first kappa shape index (κ1) is 28.2. The van der Waals surface area contributed by atoms with E-state index in [1.807, 2.05) is 72.9 Å². The average Bonchev–Trinajstić information content (AvgIpc) is 3.71. The third-order valence-electron chi connectivity index (χ3n) is 9.28. The van der Waals surface area contributed by atoms with Gasteiger partial charge in [0.1, 0.15) is 17.3 Å². The lowest BCUT2D eigenvalue weighted by Crippen LogP contribution is -2.31. The number of benzene rings is 7. The molecule has 0 fully saturated rings. The number of nitrogens with one attached hydrogen (secondary N) is 1. The lowest BCUT2D eigenvalue weighted by atomic mass is 9.99. The van der Waals surface area contributed by atoms with Crippen LogP contribution in [0.5, 0.6) is 0 Å². The van der Waals surface area contributed by atoms with E-state index in [1.165, 1.54) is 16.3 Å². The van der Waals surface area contributed by atoms with Crippen molar-refractivity contribution in [3.63, 3.8) is 0 Å². The lowest BCUT2D eigenvalue weighted by molar-refractivity contribution is 0.467. The van der Waals surface area contributed by atoms with Crippen LogP contribution in [-0.2, 0) is 0 Å². The number of hydrogen-bond donors (Lipinski definition) is 2. The molecule has 9 aromatic rings. The molecule has 7 aromatic carbocycles. The molecule has 5 nitrogen and oxygen atoms in total. The van der Waals surface area contributed by atoms with Gasteiger partial charge in [-0.2, -0.15) is 0 Å². The Morgan fingerprint density at radius 3 is 1.98 bits per heavy atom. The van der Waals surface area contributed by atoms with Gasteiger partial charge in [0.25, 0.3) is 0 Å². The number of aliphatic imine (C=N–C) groups is 1. The van der Waals surface area contributed by atoms with Crippen LogP contribution in [0.1, 0.15) is 29.0 Å². The van der Waals surface area contributed by atoms with E-state index in [4.69, 9.17) is 15.1 Å². The first-order valence-corrected chi connectivity index (χ1v) is 16.2. The number of nitrogens with two attached hydrogens (primary N) is 1. The molecule has 0 bridgehead atoms. The van der Waals surface area contributed by atoms with E-state index in [2.05, 4.69) is 101 Å². The zero-order valence-corrected chi connectivity index (χ0v) is 26.1. The maximum absolute atomic E-state index is 6.67. The van der Waals surface area contributed by atoms with Gasteiger partial charge in [0.15, 0.2) is 0 Å². The van der Waals surface area contributed by atoms with Crippen LogP contribution < -0.4 is 11.1 Å². The summed E-state index contributed by atoms with van der Waals surface area (Å²) < 4.78 is 8.95. The van der Waals surface area contributed by atoms with Crippen molar-refractivity contribution in [3.8, 4) is 5.69 Å². The van der Waals surface area contributed by atoms with Crippen LogP contribution in [0.4, 0.5) is 0 Å². The summed E-state index contributed by atoms with van der Waals surface area (Å²) in [6.07, 6.45) is 1.16. The summed E-state index contributed by atoms with van der Waals surface area (Å²) in [4.78, 5) is 4.99. The Kier molecular flexibility index (Phi) is 6.86. The van der Waals surface area contributed by atoms with Crippen LogP contribution in [0.2, 0.25) is 0 Å². The van der Waals surface area contributed by atoms with Crippen LogP contribution in [0, 0.1) is 0 Å². The third kappa shape index (κ3) is 4.68. The lowest BCUT2D eigenvalue weighted by Gasteiger charge is -2.21. The highest BCUT2D eigenvalue weighted by atomic mass is 16.3. The van der Waals surface area contributed by atoms with Gasteiger partial charge in [-0.1, -0.05) is 133 Å². The number of fused-ring (bicyclic) bond motifs is 10. The van der Waals surface area contributed by atoms with Crippen LogP contribution in [0.3, 0.4) is 0 Å². The Labute approximate surface area is 277 Å². The number of hydrogen-bond acceptors (Lipinski definition) is 4. The van der Waals surface area contributed by atoms with Crippen molar-refractivity contribution >= 4 is 60.7 Å². The Balaban J connectivity index is 1.22. The van der Waals surface area contributed by atoms with E-state index >= 15 is 0 Å². The molecule has 0 aliphatic heterocycles. The second kappa shape index (κ2) is 11.7. The smallest absolute Gasteiger partial charge is 0.144 e.